The summed E-state index contributed by atoms with van der Waals surface area (Å²) in [5, 5.41) is 10.5. The van der Waals surface area contributed by atoms with Crippen LogP contribution in [0, 0.1) is 4.77 Å². The van der Waals surface area contributed by atoms with Gasteiger partial charge in [-0.1, -0.05) is 11.6 Å². The van der Waals surface area contributed by atoms with E-state index in [0.717, 1.165) is 23.3 Å². The minimum atomic E-state index is -0.255. The van der Waals surface area contributed by atoms with Crippen molar-refractivity contribution in [3.05, 3.63) is 51.8 Å². The average Bonchev–Trinajstić information content (AvgIpc) is 3.24. The van der Waals surface area contributed by atoms with Gasteiger partial charge in [0, 0.05) is 28.6 Å². The number of ether oxygens (including phenoxy) is 2. The fraction of sp³-hybridized carbons (Fsp3) is 0.286. The first-order chi connectivity index (χ1) is 14.4. The molecule has 1 aliphatic rings. The minimum Gasteiger partial charge on any atom is -0.492 e. The molecule has 0 fully saturated rings. The van der Waals surface area contributed by atoms with Gasteiger partial charge in [-0.3, -0.25) is 14.5 Å². The molecular weight excluding hydrogens is 424 g/mol. The Balaban J connectivity index is 1.58. The zero-order valence-electron chi connectivity index (χ0n) is 16.6. The maximum atomic E-state index is 12.9. The van der Waals surface area contributed by atoms with Gasteiger partial charge in [0.05, 0.1) is 12.3 Å². The summed E-state index contributed by atoms with van der Waals surface area (Å²) >= 11 is 11.3. The largest absolute Gasteiger partial charge is 0.492 e. The van der Waals surface area contributed by atoms with Crippen molar-refractivity contribution in [3.63, 3.8) is 0 Å². The molecule has 156 valence electrons. The van der Waals surface area contributed by atoms with Crippen molar-refractivity contribution in [2.45, 2.75) is 32.9 Å². The molecule has 7 nitrogen and oxygen atoms in total. The van der Waals surface area contributed by atoms with E-state index in [1.54, 1.807) is 16.7 Å². The third kappa shape index (κ3) is 4.20. The van der Waals surface area contributed by atoms with Crippen molar-refractivity contribution >= 4 is 35.4 Å². The van der Waals surface area contributed by atoms with Crippen molar-refractivity contribution in [2.24, 2.45) is 0 Å². The number of aromatic nitrogens is 3. The van der Waals surface area contributed by atoms with Gasteiger partial charge in [-0.05, 0) is 56.4 Å². The van der Waals surface area contributed by atoms with Gasteiger partial charge in [0.15, 0.2) is 10.6 Å². The zero-order valence-corrected chi connectivity index (χ0v) is 18.1. The summed E-state index contributed by atoms with van der Waals surface area (Å²) < 4.78 is 13.5. The lowest BCUT2D eigenvalue weighted by atomic mass is 10.1. The number of benzene rings is 2. The second kappa shape index (κ2) is 8.49. The number of anilines is 1. The van der Waals surface area contributed by atoms with E-state index in [1.165, 1.54) is 0 Å². The fourth-order valence-corrected chi connectivity index (χ4v) is 3.75. The Morgan fingerprint density at radius 1 is 1.40 bits per heavy atom. The van der Waals surface area contributed by atoms with E-state index in [1.807, 2.05) is 38.1 Å². The number of nitrogens with one attached hydrogen (secondary N) is 2. The second-order valence-corrected chi connectivity index (χ2v) is 7.84. The Bertz CT molecular complexity index is 1140. The standard InChI is InChI=1S/C21H21ClN4O3S/c1-3-28-18-9-14-8-12(2)29-17(14)10-16(18)23-19(27)11-26-20(24-25-21(26)30)13-4-6-15(22)7-5-13/h4-7,9-10,12H,3,8,11H2,1-2H3,(H,23,27)(H,25,30). The number of nitrogens with zero attached hydrogens (tertiary/aromatic N) is 2. The molecule has 2 heterocycles. The number of H-pyrrole nitrogens is 1. The highest BCUT2D eigenvalue weighted by Crippen LogP contribution is 2.38. The molecule has 0 spiro atoms. The number of aromatic amines is 1. The fourth-order valence-electron chi connectivity index (χ4n) is 3.43. The lowest BCUT2D eigenvalue weighted by molar-refractivity contribution is -0.116. The molecule has 4 rings (SSSR count). The molecule has 3 aromatic rings. The van der Waals surface area contributed by atoms with E-state index in [9.17, 15) is 4.79 Å². The van der Waals surface area contributed by atoms with E-state index < -0.39 is 0 Å². The molecule has 2 N–H and O–H groups in total. The number of fused-ring (bicyclic) bond motifs is 1. The Morgan fingerprint density at radius 3 is 2.90 bits per heavy atom. The summed E-state index contributed by atoms with van der Waals surface area (Å²) in [6.07, 6.45) is 0.921. The van der Waals surface area contributed by atoms with Crippen LogP contribution in [0.4, 0.5) is 5.69 Å². The Kier molecular flexibility index (Phi) is 5.78. The molecule has 0 bridgehead atoms. The molecule has 0 saturated carbocycles. The van der Waals surface area contributed by atoms with Crippen LogP contribution in [0.1, 0.15) is 19.4 Å². The molecular formula is C21H21ClN4O3S. The maximum absolute atomic E-state index is 12.9. The molecule has 1 aromatic heterocycles. The summed E-state index contributed by atoms with van der Waals surface area (Å²) in [6, 6.07) is 10.9. The van der Waals surface area contributed by atoms with Crippen molar-refractivity contribution in [3.8, 4) is 22.9 Å². The van der Waals surface area contributed by atoms with Crippen LogP contribution in [0.3, 0.4) is 0 Å². The highest BCUT2D eigenvalue weighted by Gasteiger charge is 2.23. The van der Waals surface area contributed by atoms with Crippen LogP contribution < -0.4 is 14.8 Å². The third-order valence-electron chi connectivity index (χ3n) is 4.73. The average molecular weight is 445 g/mol. The minimum absolute atomic E-state index is 0.00674. The Morgan fingerprint density at radius 2 is 2.17 bits per heavy atom. The molecule has 2 aromatic carbocycles. The van der Waals surface area contributed by atoms with E-state index in [0.29, 0.717) is 33.7 Å². The van der Waals surface area contributed by atoms with Gasteiger partial charge in [-0.15, -0.1) is 0 Å². The topological polar surface area (TPSA) is 81.2 Å². The molecule has 30 heavy (non-hydrogen) atoms. The quantitative estimate of drug-likeness (QED) is 0.542. The van der Waals surface area contributed by atoms with E-state index in [-0.39, 0.29) is 18.6 Å². The number of hydrogen-bond donors (Lipinski definition) is 2. The van der Waals surface area contributed by atoms with Gasteiger partial charge in [-0.25, -0.2) is 0 Å². The van der Waals surface area contributed by atoms with Gasteiger partial charge in [-0.2, -0.15) is 5.10 Å². The van der Waals surface area contributed by atoms with Crippen LogP contribution in [0.15, 0.2) is 36.4 Å². The maximum Gasteiger partial charge on any atom is 0.244 e. The molecule has 9 heteroatoms. The van der Waals surface area contributed by atoms with Gasteiger partial charge >= 0.3 is 0 Å². The molecule has 1 unspecified atom stereocenters. The van der Waals surface area contributed by atoms with Gasteiger partial charge in [0.25, 0.3) is 0 Å². The van der Waals surface area contributed by atoms with E-state index in [2.05, 4.69) is 15.5 Å². The van der Waals surface area contributed by atoms with Gasteiger partial charge in [0.2, 0.25) is 5.91 Å². The molecule has 0 aliphatic carbocycles. The summed E-state index contributed by atoms with van der Waals surface area (Å²) in [7, 11) is 0. The number of rotatable bonds is 6. The Hall–Kier alpha value is -2.84. The molecule has 0 radical (unpaired) electrons. The molecule has 1 atom stereocenters. The SMILES string of the molecule is CCOc1cc2c(cc1NC(=O)Cn1c(-c3ccc(Cl)cc3)n[nH]c1=S)OC(C)C2. The number of carbonyl (C=O) groups excluding carboxylic acids is 1. The van der Waals surface area contributed by atoms with Crippen LogP contribution in [0.2, 0.25) is 5.02 Å². The first kappa shape index (κ1) is 20.4. The molecule has 1 aliphatic heterocycles. The number of hydrogen-bond acceptors (Lipinski definition) is 5. The third-order valence-corrected chi connectivity index (χ3v) is 5.30. The molecule has 1 amide bonds. The van der Waals surface area contributed by atoms with Crippen LogP contribution in [0.25, 0.3) is 11.4 Å². The van der Waals surface area contributed by atoms with Crippen molar-refractivity contribution < 1.29 is 14.3 Å². The summed E-state index contributed by atoms with van der Waals surface area (Å²) in [4.78, 5) is 12.9. The lowest BCUT2D eigenvalue weighted by Gasteiger charge is -2.14. The number of amides is 1. The number of halogens is 1. The Labute approximate surface area is 184 Å². The highest BCUT2D eigenvalue weighted by molar-refractivity contribution is 7.71. The van der Waals surface area contributed by atoms with Crippen LogP contribution in [-0.4, -0.2) is 33.4 Å². The summed E-state index contributed by atoms with van der Waals surface area (Å²) in [6.45, 7) is 4.40. The second-order valence-electron chi connectivity index (χ2n) is 7.02. The van der Waals surface area contributed by atoms with Crippen LogP contribution >= 0.6 is 23.8 Å². The van der Waals surface area contributed by atoms with Gasteiger partial charge < -0.3 is 14.8 Å². The monoisotopic (exact) mass is 444 g/mol. The first-order valence-corrected chi connectivity index (χ1v) is 10.4. The van der Waals surface area contributed by atoms with Crippen LogP contribution in [-0.2, 0) is 17.8 Å². The van der Waals surface area contributed by atoms with Gasteiger partial charge in [0.1, 0.15) is 24.1 Å². The lowest BCUT2D eigenvalue weighted by Crippen LogP contribution is -2.20. The smallest absolute Gasteiger partial charge is 0.244 e. The normalized spacial score (nSPS) is 14.8. The van der Waals surface area contributed by atoms with E-state index in [4.69, 9.17) is 33.3 Å². The molecule has 0 saturated heterocycles. The number of carbonyl (C=O) groups is 1. The van der Waals surface area contributed by atoms with Crippen LogP contribution in [0.5, 0.6) is 11.5 Å². The summed E-state index contributed by atoms with van der Waals surface area (Å²) in [5.74, 6) is 1.69. The predicted molar refractivity (Wildman–Crippen MR) is 118 cm³/mol. The van der Waals surface area contributed by atoms with E-state index >= 15 is 0 Å². The highest BCUT2D eigenvalue weighted by atomic mass is 35.5. The van der Waals surface area contributed by atoms with Crippen molar-refractivity contribution in [1.82, 2.24) is 14.8 Å². The van der Waals surface area contributed by atoms with Crippen molar-refractivity contribution in [1.29, 1.82) is 0 Å². The zero-order chi connectivity index (χ0) is 21.3. The van der Waals surface area contributed by atoms with Crippen molar-refractivity contribution in [2.75, 3.05) is 11.9 Å². The predicted octanol–water partition coefficient (Wildman–Crippen LogP) is 4.62. The summed E-state index contributed by atoms with van der Waals surface area (Å²) in [5.41, 5.74) is 2.44. The first-order valence-electron chi connectivity index (χ1n) is 9.62.